The van der Waals surface area contributed by atoms with Crippen molar-refractivity contribution in [3.8, 4) is 0 Å². The van der Waals surface area contributed by atoms with Crippen LogP contribution in [0.5, 0.6) is 0 Å². The van der Waals surface area contributed by atoms with Crippen molar-refractivity contribution < 1.29 is 0 Å². The van der Waals surface area contributed by atoms with Crippen LogP contribution in [0.25, 0.3) is 0 Å². The van der Waals surface area contributed by atoms with Gasteiger partial charge in [-0.2, -0.15) is 0 Å². The number of unbranched alkanes of at least 4 members (excludes halogenated alkanes) is 2. The van der Waals surface area contributed by atoms with Gasteiger partial charge >= 0.3 is 0 Å². The van der Waals surface area contributed by atoms with E-state index >= 15 is 0 Å². The third-order valence-corrected chi connectivity index (χ3v) is 3.52. The molecule has 0 rings (SSSR count). The van der Waals surface area contributed by atoms with Crippen molar-refractivity contribution >= 4 is 0 Å². The minimum absolute atomic E-state index is 0.237. The van der Waals surface area contributed by atoms with Crippen molar-refractivity contribution in [2.45, 2.75) is 72.8 Å². The maximum Gasteiger partial charge on any atom is 0.00998 e. The minimum atomic E-state index is 0.237. The highest BCUT2D eigenvalue weighted by Gasteiger charge is 2.20. The molecule has 0 aliphatic heterocycles. The summed E-state index contributed by atoms with van der Waals surface area (Å²) in [4.78, 5) is 2.60. The molecule has 1 unspecified atom stereocenters. The first-order chi connectivity index (χ1) is 7.91. The predicted molar refractivity (Wildman–Crippen MR) is 78.3 cm³/mol. The van der Waals surface area contributed by atoms with E-state index in [0.717, 1.165) is 6.42 Å². The van der Waals surface area contributed by atoms with Gasteiger partial charge in [-0.05, 0) is 44.3 Å². The topological polar surface area (TPSA) is 29.3 Å². The van der Waals surface area contributed by atoms with Crippen LogP contribution in [-0.2, 0) is 0 Å². The van der Waals surface area contributed by atoms with Gasteiger partial charge in [0.2, 0.25) is 0 Å². The van der Waals surface area contributed by atoms with E-state index in [0.29, 0.717) is 6.04 Å². The summed E-state index contributed by atoms with van der Waals surface area (Å²) in [5.74, 6) is 0. The molecule has 1 atom stereocenters. The number of nitrogens with two attached hydrogens (primary N) is 1. The minimum Gasteiger partial charge on any atom is -0.327 e. The van der Waals surface area contributed by atoms with E-state index in [2.05, 4.69) is 39.5 Å². The molecule has 0 bridgehead atoms. The van der Waals surface area contributed by atoms with E-state index in [1.165, 1.54) is 45.3 Å². The molecule has 104 valence electrons. The zero-order valence-corrected chi connectivity index (χ0v) is 12.8. The summed E-state index contributed by atoms with van der Waals surface area (Å²) in [5, 5.41) is 0. The Kier molecular flexibility index (Phi) is 8.89. The van der Waals surface area contributed by atoms with Crippen molar-refractivity contribution in [2.24, 2.45) is 11.1 Å². The summed E-state index contributed by atoms with van der Waals surface area (Å²) in [6.45, 7) is 14.9. The first kappa shape index (κ1) is 16.9. The van der Waals surface area contributed by atoms with Crippen molar-refractivity contribution in [1.29, 1.82) is 0 Å². The SMILES string of the molecule is CCCCN(CCCC)CCC(N)C(C)(C)C. The molecule has 0 saturated carbocycles. The van der Waals surface area contributed by atoms with E-state index in [4.69, 9.17) is 5.73 Å². The predicted octanol–water partition coefficient (Wildman–Crippen LogP) is 3.65. The Hall–Kier alpha value is -0.0800. The molecule has 0 fully saturated rings. The maximum atomic E-state index is 6.23. The molecule has 0 radical (unpaired) electrons. The number of rotatable bonds is 9. The van der Waals surface area contributed by atoms with E-state index in [1.54, 1.807) is 0 Å². The van der Waals surface area contributed by atoms with Crippen molar-refractivity contribution in [3.05, 3.63) is 0 Å². The molecule has 2 N–H and O–H groups in total. The Balaban J connectivity index is 3.96. The van der Waals surface area contributed by atoms with E-state index in [1.807, 2.05) is 0 Å². The summed E-state index contributed by atoms with van der Waals surface area (Å²) < 4.78 is 0. The van der Waals surface area contributed by atoms with Gasteiger partial charge in [0.1, 0.15) is 0 Å². The molecular formula is C15H34N2. The lowest BCUT2D eigenvalue weighted by Crippen LogP contribution is -2.39. The molecule has 0 aromatic heterocycles. The fraction of sp³-hybridized carbons (Fsp3) is 1.00. The lowest BCUT2D eigenvalue weighted by atomic mass is 9.85. The first-order valence-corrected chi connectivity index (χ1v) is 7.39. The zero-order valence-electron chi connectivity index (χ0n) is 12.8. The Morgan fingerprint density at radius 1 is 0.941 bits per heavy atom. The second-order valence-corrected chi connectivity index (χ2v) is 6.31. The number of hydrogen-bond donors (Lipinski definition) is 1. The Morgan fingerprint density at radius 3 is 1.76 bits per heavy atom. The monoisotopic (exact) mass is 242 g/mol. The molecule has 2 nitrogen and oxygen atoms in total. The van der Waals surface area contributed by atoms with Crippen LogP contribution >= 0.6 is 0 Å². The molecule has 0 aromatic carbocycles. The Labute approximate surface area is 109 Å². The van der Waals surface area contributed by atoms with Gasteiger partial charge in [-0.1, -0.05) is 47.5 Å². The largest absolute Gasteiger partial charge is 0.327 e. The third kappa shape index (κ3) is 8.62. The molecule has 0 aromatic rings. The lowest BCUT2D eigenvalue weighted by molar-refractivity contribution is 0.223. The molecule has 0 spiro atoms. The normalized spacial score (nSPS) is 14.3. The molecule has 0 heterocycles. The molecule has 0 aliphatic rings. The van der Waals surface area contributed by atoms with Gasteiger partial charge in [0.05, 0.1) is 0 Å². The smallest absolute Gasteiger partial charge is 0.00998 e. The highest BCUT2D eigenvalue weighted by molar-refractivity contribution is 4.78. The van der Waals surface area contributed by atoms with Crippen LogP contribution in [-0.4, -0.2) is 30.6 Å². The highest BCUT2D eigenvalue weighted by Crippen LogP contribution is 2.20. The average Bonchev–Trinajstić information content (AvgIpc) is 2.26. The summed E-state index contributed by atoms with van der Waals surface area (Å²) in [6.07, 6.45) is 6.32. The average molecular weight is 242 g/mol. The van der Waals surface area contributed by atoms with Crippen molar-refractivity contribution in [2.75, 3.05) is 19.6 Å². The van der Waals surface area contributed by atoms with Gasteiger partial charge in [-0.15, -0.1) is 0 Å². The van der Waals surface area contributed by atoms with Crippen LogP contribution in [0.15, 0.2) is 0 Å². The van der Waals surface area contributed by atoms with Crippen LogP contribution in [0, 0.1) is 5.41 Å². The van der Waals surface area contributed by atoms with E-state index < -0.39 is 0 Å². The zero-order chi connectivity index (χ0) is 13.3. The van der Waals surface area contributed by atoms with Crippen LogP contribution in [0.1, 0.15) is 66.7 Å². The van der Waals surface area contributed by atoms with Crippen LogP contribution in [0.3, 0.4) is 0 Å². The second-order valence-electron chi connectivity index (χ2n) is 6.31. The van der Waals surface area contributed by atoms with Crippen LogP contribution in [0.2, 0.25) is 0 Å². The summed E-state index contributed by atoms with van der Waals surface area (Å²) in [5.41, 5.74) is 6.47. The summed E-state index contributed by atoms with van der Waals surface area (Å²) >= 11 is 0. The summed E-state index contributed by atoms with van der Waals surface area (Å²) in [7, 11) is 0. The molecule has 17 heavy (non-hydrogen) atoms. The maximum absolute atomic E-state index is 6.23. The molecule has 0 amide bonds. The molecule has 0 saturated heterocycles. The fourth-order valence-electron chi connectivity index (χ4n) is 1.85. The first-order valence-electron chi connectivity index (χ1n) is 7.39. The lowest BCUT2D eigenvalue weighted by Gasteiger charge is -2.30. The van der Waals surface area contributed by atoms with Gasteiger partial charge < -0.3 is 10.6 Å². The molecule has 0 aliphatic carbocycles. The third-order valence-electron chi connectivity index (χ3n) is 3.52. The van der Waals surface area contributed by atoms with Gasteiger partial charge in [0, 0.05) is 6.04 Å². The van der Waals surface area contributed by atoms with Gasteiger partial charge in [-0.25, -0.2) is 0 Å². The Bertz CT molecular complexity index is 164. The second kappa shape index (κ2) is 8.93. The Morgan fingerprint density at radius 2 is 1.41 bits per heavy atom. The van der Waals surface area contributed by atoms with E-state index in [-0.39, 0.29) is 5.41 Å². The van der Waals surface area contributed by atoms with Crippen molar-refractivity contribution in [3.63, 3.8) is 0 Å². The van der Waals surface area contributed by atoms with Gasteiger partial charge in [0.25, 0.3) is 0 Å². The van der Waals surface area contributed by atoms with Gasteiger partial charge in [0.15, 0.2) is 0 Å². The summed E-state index contributed by atoms with van der Waals surface area (Å²) in [6, 6.07) is 0.313. The standard InChI is InChI=1S/C15H34N2/c1-6-8-11-17(12-9-7-2)13-10-14(16)15(3,4)5/h14H,6-13,16H2,1-5H3. The molecule has 2 heteroatoms. The van der Waals surface area contributed by atoms with Gasteiger partial charge in [-0.3, -0.25) is 0 Å². The van der Waals surface area contributed by atoms with Crippen molar-refractivity contribution in [1.82, 2.24) is 4.90 Å². The quantitative estimate of drug-likeness (QED) is 0.668. The van der Waals surface area contributed by atoms with E-state index in [9.17, 15) is 0 Å². The fourth-order valence-corrected chi connectivity index (χ4v) is 1.85. The highest BCUT2D eigenvalue weighted by atomic mass is 15.1. The number of nitrogens with zero attached hydrogens (tertiary/aromatic N) is 1. The van der Waals surface area contributed by atoms with Crippen LogP contribution in [0.4, 0.5) is 0 Å². The number of hydrogen-bond acceptors (Lipinski definition) is 2. The molecular weight excluding hydrogens is 208 g/mol. The van der Waals surface area contributed by atoms with Crippen LogP contribution < -0.4 is 5.73 Å².